The molecule has 3 fully saturated rings. The Kier molecular flexibility index (Phi) is 1.88. The quantitative estimate of drug-likeness (QED) is 0.460. The Labute approximate surface area is 91.7 Å². The predicted octanol–water partition coefficient (Wildman–Crippen LogP) is -2.66. The summed E-state index contributed by atoms with van der Waals surface area (Å²) < 4.78 is 33.5. The molecule has 5 atom stereocenters. The standard InChI is InChI=1S/C8H12O7S/c9-2-7-1-4-8(3-10,15-7)6(5(7)11)14-16(4,12)13/h4-6,9-11H,1-3H2. The van der Waals surface area contributed by atoms with Crippen molar-refractivity contribution in [2.75, 3.05) is 13.2 Å². The van der Waals surface area contributed by atoms with Crippen molar-refractivity contribution in [1.29, 1.82) is 0 Å². The summed E-state index contributed by atoms with van der Waals surface area (Å²) in [5.41, 5.74) is -2.73. The van der Waals surface area contributed by atoms with Gasteiger partial charge in [-0.15, -0.1) is 0 Å². The van der Waals surface area contributed by atoms with Crippen LogP contribution in [0.4, 0.5) is 0 Å². The van der Waals surface area contributed by atoms with E-state index < -0.39 is 52.0 Å². The number of hydrogen-bond donors (Lipinski definition) is 3. The average Bonchev–Trinajstić information content (AvgIpc) is 2.76. The van der Waals surface area contributed by atoms with Crippen molar-refractivity contribution >= 4 is 10.1 Å². The van der Waals surface area contributed by atoms with E-state index >= 15 is 0 Å². The molecule has 8 heteroatoms. The van der Waals surface area contributed by atoms with Crippen LogP contribution in [0.5, 0.6) is 0 Å². The monoisotopic (exact) mass is 252 g/mol. The predicted molar refractivity (Wildman–Crippen MR) is 48.9 cm³/mol. The molecule has 2 bridgehead atoms. The average molecular weight is 252 g/mol. The molecule has 0 saturated carbocycles. The van der Waals surface area contributed by atoms with E-state index in [4.69, 9.17) is 8.92 Å². The second-order valence-corrected chi connectivity index (χ2v) is 6.33. The van der Waals surface area contributed by atoms with E-state index in [9.17, 15) is 23.7 Å². The fraction of sp³-hybridized carbons (Fsp3) is 1.00. The van der Waals surface area contributed by atoms with E-state index in [1.807, 2.05) is 0 Å². The van der Waals surface area contributed by atoms with E-state index in [-0.39, 0.29) is 6.42 Å². The zero-order chi connectivity index (χ0) is 11.8. The zero-order valence-corrected chi connectivity index (χ0v) is 9.05. The Morgan fingerprint density at radius 1 is 1.31 bits per heavy atom. The minimum atomic E-state index is -3.84. The Bertz CT molecular complexity index is 434. The summed E-state index contributed by atoms with van der Waals surface area (Å²) in [5, 5.41) is 27.5. The molecule has 16 heavy (non-hydrogen) atoms. The fourth-order valence-corrected chi connectivity index (χ4v) is 4.97. The van der Waals surface area contributed by atoms with Gasteiger partial charge in [-0.2, -0.15) is 8.42 Å². The molecule has 0 aromatic rings. The molecule has 5 unspecified atom stereocenters. The summed E-state index contributed by atoms with van der Waals surface area (Å²) in [7, 11) is -3.84. The number of fused-ring (bicyclic) bond motifs is 1. The Balaban J connectivity index is 2.17. The third-order valence-corrected chi connectivity index (χ3v) is 5.62. The van der Waals surface area contributed by atoms with Gasteiger partial charge in [-0.05, 0) is 0 Å². The SMILES string of the molecule is O=S1(=O)OC2C(O)C3(CO)CC1C2(CO)O3. The van der Waals surface area contributed by atoms with Crippen LogP contribution in [0, 0.1) is 0 Å². The van der Waals surface area contributed by atoms with Crippen LogP contribution in [0.1, 0.15) is 6.42 Å². The first-order chi connectivity index (χ1) is 7.42. The van der Waals surface area contributed by atoms with Crippen LogP contribution >= 0.6 is 0 Å². The summed E-state index contributed by atoms with van der Waals surface area (Å²) in [6.07, 6.45) is -2.41. The zero-order valence-electron chi connectivity index (χ0n) is 8.24. The summed E-state index contributed by atoms with van der Waals surface area (Å²) in [6, 6.07) is 0. The lowest BCUT2D eigenvalue weighted by atomic mass is 9.78. The Morgan fingerprint density at radius 2 is 2.00 bits per heavy atom. The molecular formula is C8H12O7S. The highest BCUT2D eigenvalue weighted by molar-refractivity contribution is 7.87. The van der Waals surface area contributed by atoms with Gasteiger partial charge in [-0.3, -0.25) is 4.18 Å². The van der Waals surface area contributed by atoms with Crippen molar-refractivity contribution in [2.24, 2.45) is 0 Å². The van der Waals surface area contributed by atoms with Crippen LogP contribution in [0.2, 0.25) is 0 Å². The van der Waals surface area contributed by atoms with Crippen molar-refractivity contribution in [1.82, 2.24) is 0 Å². The fourth-order valence-electron chi connectivity index (χ4n) is 3.04. The maximum atomic E-state index is 11.6. The first kappa shape index (κ1) is 10.9. The van der Waals surface area contributed by atoms with Crippen molar-refractivity contribution < 1.29 is 32.7 Å². The molecule has 3 N–H and O–H groups in total. The molecule has 0 amide bonds. The first-order valence-electron chi connectivity index (χ1n) is 4.94. The second-order valence-electron chi connectivity index (χ2n) is 4.59. The van der Waals surface area contributed by atoms with Crippen LogP contribution in [0.3, 0.4) is 0 Å². The lowest BCUT2D eigenvalue weighted by molar-refractivity contribution is -0.113. The van der Waals surface area contributed by atoms with Crippen LogP contribution in [0.15, 0.2) is 0 Å². The third kappa shape index (κ3) is 0.903. The number of aliphatic hydroxyl groups is 3. The largest absolute Gasteiger partial charge is 0.393 e. The van der Waals surface area contributed by atoms with Crippen molar-refractivity contribution in [3.63, 3.8) is 0 Å². The van der Waals surface area contributed by atoms with Gasteiger partial charge in [0.15, 0.2) is 0 Å². The van der Waals surface area contributed by atoms with E-state index in [1.54, 1.807) is 0 Å². The summed E-state index contributed by atoms with van der Waals surface area (Å²) in [6.45, 7) is -1.05. The molecule has 0 aromatic heterocycles. The van der Waals surface area contributed by atoms with Gasteiger partial charge in [0.25, 0.3) is 10.1 Å². The minimum absolute atomic E-state index is 0.0515. The summed E-state index contributed by atoms with van der Waals surface area (Å²) in [5.74, 6) is 0. The highest BCUT2D eigenvalue weighted by Crippen LogP contribution is 2.58. The topological polar surface area (TPSA) is 113 Å². The molecule has 7 nitrogen and oxygen atoms in total. The molecule has 3 rings (SSSR count). The third-order valence-electron chi connectivity index (χ3n) is 3.88. The highest BCUT2D eigenvalue weighted by Gasteiger charge is 2.79. The number of aliphatic hydroxyl groups excluding tert-OH is 3. The van der Waals surface area contributed by atoms with Gasteiger partial charge in [0, 0.05) is 6.42 Å². The molecule has 3 aliphatic rings. The molecule has 3 heterocycles. The smallest absolute Gasteiger partial charge is 0.273 e. The molecule has 0 spiro atoms. The van der Waals surface area contributed by atoms with Gasteiger partial charge in [-0.1, -0.05) is 0 Å². The van der Waals surface area contributed by atoms with Gasteiger partial charge in [0.2, 0.25) is 0 Å². The number of ether oxygens (including phenoxy) is 1. The normalized spacial score (nSPS) is 57.1. The maximum absolute atomic E-state index is 11.6. The van der Waals surface area contributed by atoms with Gasteiger partial charge < -0.3 is 20.1 Å². The highest BCUT2D eigenvalue weighted by atomic mass is 32.2. The van der Waals surface area contributed by atoms with Crippen molar-refractivity contribution in [3.8, 4) is 0 Å². The van der Waals surface area contributed by atoms with Crippen LogP contribution in [-0.4, -0.2) is 65.6 Å². The van der Waals surface area contributed by atoms with Crippen LogP contribution < -0.4 is 0 Å². The van der Waals surface area contributed by atoms with E-state index in [2.05, 4.69) is 0 Å². The summed E-state index contributed by atoms with van der Waals surface area (Å²) in [4.78, 5) is 0. The van der Waals surface area contributed by atoms with Crippen molar-refractivity contribution in [3.05, 3.63) is 0 Å². The van der Waals surface area contributed by atoms with Crippen LogP contribution in [0.25, 0.3) is 0 Å². The van der Waals surface area contributed by atoms with E-state index in [0.29, 0.717) is 0 Å². The maximum Gasteiger partial charge on any atom is 0.273 e. The molecular weight excluding hydrogens is 240 g/mol. The van der Waals surface area contributed by atoms with Crippen LogP contribution in [-0.2, 0) is 19.0 Å². The molecule has 0 aliphatic carbocycles. The lowest BCUT2D eigenvalue weighted by Gasteiger charge is -2.28. The van der Waals surface area contributed by atoms with Gasteiger partial charge in [0.1, 0.15) is 28.7 Å². The summed E-state index contributed by atoms with van der Waals surface area (Å²) >= 11 is 0. The number of hydrogen-bond acceptors (Lipinski definition) is 7. The van der Waals surface area contributed by atoms with E-state index in [1.165, 1.54) is 0 Å². The van der Waals surface area contributed by atoms with E-state index in [0.717, 1.165) is 0 Å². The number of rotatable bonds is 2. The van der Waals surface area contributed by atoms with Gasteiger partial charge >= 0.3 is 0 Å². The molecule has 92 valence electrons. The molecule has 0 aromatic carbocycles. The molecule has 3 saturated heterocycles. The first-order valence-corrected chi connectivity index (χ1v) is 6.41. The van der Waals surface area contributed by atoms with Gasteiger partial charge in [-0.25, -0.2) is 0 Å². The second kappa shape index (κ2) is 2.77. The van der Waals surface area contributed by atoms with Crippen molar-refractivity contribution in [2.45, 2.75) is 35.1 Å². The Morgan fingerprint density at radius 3 is 2.50 bits per heavy atom. The molecule has 0 radical (unpaired) electrons. The lowest BCUT2D eigenvalue weighted by Crippen LogP contribution is -2.54. The molecule has 3 aliphatic heterocycles. The van der Waals surface area contributed by atoms with Gasteiger partial charge in [0.05, 0.1) is 13.2 Å². The minimum Gasteiger partial charge on any atom is -0.393 e. The Hall–Kier alpha value is -0.250.